The number of nitrogens with two attached hydrogens (primary N) is 1. The molecule has 3 heteroatoms. The highest BCUT2D eigenvalue weighted by Crippen LogP contribution is 2.14. The van der Waals surface area contributed by atoms with Crippen molar-refractivity contribution in [3.05, 3.63) is 0 Å². The maximum Gasteiger partial charge on any atom is 0.0712 e. The Bertz CT molecular complexity index is 209. The maximum absolute atomic E-state index is 9.80. The van der Waals surface area contributed by atoms with E-state index >= 15 is 0 Å². The molecule has 0 rings (SSSR count). The minimum Gasteiger partial charge on any atom is -0.393 e. The lowest BCUT2D eigenvalue weighted by Crippen LogP contribution is -2.34. The molecule has 21 heavy (non-hydrogen) atoms. The Morgan fingerprint density at radius 3 is 1.62 bits per heavy atom. The van der Waals surface area contributed by atoms with Crippen LogP contribution >= 0.6 is 0 Å². The molecule has 4 N–H and O–H groups in total. The van der Waals surface area contributed by atoms with Crippen molar-refractivity contribution in [3.8, 4) is 0 Å². The van der Waals surface area contributed by atoms with Crippen molar-refractivity contribution in [2.45, 2.75) is 116 Å². The first-order chi connectivity index (χ1) is 10.1. The molecule has 0 saturated carbocycles. The topological polar surface area (TPSA) is 66.5 Å². The standard InChI is InChI=1S/C18H39NO2/c1-3-4-5-6-7-8-9-10-11-12-13-14-17(20)15-18(21)16(2)19/h16-18,20-21H,3-15,19H2,1-2H3/t16-,17+,18+/m0/s1. The second-order valence-electron chi connectivity index (χ2n) is 6.64. The van der Waals surface area contributed by atoms with Crippen LogP contribution in [0.4, 0.5) is 0 Å². The summed E-state index contributed by atoms with van der Waals surface area (Å²) >= 11 is 0. The molecule has 0 radical (unpaired) electrons. The molecule has 3 atom stereocenters. The van der Waals surface area contributed by atoms with Gasteiger partial charge in [0.25, 0.3) is 0 Å². The quantitative estimate of drug-likeness (QED) is 0.398. The lowest BCUT2D eigenvalue weighted by atomic mass is 10.0. The van der Waals surface area contributed by atoms with E-state index in [4.69, 9.17) is 5.73 Å². The van der Waals surface area contributed by atoms with Crippen LogP contribution in [0, 0.1) is 0 Å². The van der Waals surface area contributed by atoms with Crippen LogP contribution in [0.3, 0.4) is 0 Å². The molecule has 128 valence electrons. The summed E-state index contributed by atoms with van der Waals surface area (Å²) in [6, 6.07) is -0.253. The summed E-state index contributed by atoms with van der Waals surface area (Å²) in [5.41, 5.74) is 5.58. The van der Waals surface area contributed by atoms with Gasteiger partial charge >= 0.3 is 0 Å². The summed E-state index contributed by atoms with van der Waals surface area (Å²) in [5.74, 6) is 0. The number of hydrogen-bond acceptors (Lipinski definition) is 3. The monoisotopic (exact) mass is 301 g/mol. The van der Waals surface area contributed by atoms with Gasteiger partial charge in [-0.25, -0.2) is 0 Å². The van der Waals surface area contributed by atoms with Gasteiger partial charge in [-0.05, 0) is 13.3 Å². The number of aliphatic hydroxyl groups is 2. The molecule has 0 bridgehead atoms. The highest BCUT2D eigenvalue weighted by Gasteiger charge is 2.14. The van der Waals surface area contributed by atoms with Crippen LogP contribution in [-0.4, -0.2) is 28.5 Å². The molecule has 0 fully saturated rings. The van der Waals surface area contributed by atoms with E-state index in [0.717, 1.165) is 12.8 Å². The molecule has 0 aromatic carbocycles. The fourth-order valence-electron chi connectivity index (χ4n) is 2.66. The molecule has 0 saturated heterocycles. The van der Waals surface area contributed by atoms with Crippen LogP contribution in [0.25, 0.3) is 0 Å². The van der Waals surface area contributed by atoms with Crippen molar-refractivity contribution in [3.63, 3.8) is 0 Å². The van der Waals surface area contributed by atoms with Gasteiger partial charge in [-0.15, -0.1) is 0 Å². The van der Waals surface area contributed by atoms with Crippen molar-refractivity contribution in [2.24, 2.45) is 5.73 Å². The van der Waals surface area contributed by atoms with E-state index in [1.807, 2.05) is 0 Å². The number of aliphatic hydroxyl groups excluding tert-OH is 2. The van der Waals surface area contributed by atoms with Crippen molar-refractivity contribution >= 4 is 0 Å². The smallest absolute Gasteiger partial charge is 0.0712 e. The third-order valence-electron chi connectivity index (χ3n) is 4.26. The number of hydrogen-bond donors (Lipinski definition) is 3. The second-order valence-corrected chi connectivity index (χ2v) is 6.64. The first-order valence-electron chi connectivity index (χ1n) is 9.19. The average molecular weight is 302 g/mol. The SMILES string of the molecule is CCCCCCCCCCCCC[C@@H](O)C[C@@H](O)[C@H](C)N. The Morgan fingerprint density at radius 1 is 0.762 bits per heavy atom. The minimum absolute atomic E-state index is 0.253. The summed E-state index contributed by atoms with van der Waals surface area (Å²) in [7, 11) is 0. The van der Waals surface area contributed by atoms with E-state index in [1.54, 1.807) is 6.92 Å². The third kappa shape index (κ3) is 14.6. The fourth-order valence-corrected chi connectivity index (χ4v) is 2.66. The summed E-state index contributed by atoms with van der Waals surface area (Å²) < 4.78 is 0. The molecule has 0 heterocycles. The molecule has 0 unspecified atom stereocenters. The Kier molecular flexibility index (Phi) is 14.7. The van der Waals surface area contributed by atoms with Gasteiger partial charge in [0.1, 0.15) is 0 Å². The Balaban J connectivity index is 3.21. The predicted octanol–water partition coefficient (Wildman–Crippen LogP) is 4.15. The van der Waals surface area contributed by atoms with Gasteiger partial charge in [-0.3, -0.25) is 0 Å². The van der Waals surface area contributed by atoms with Crippen LogP contribution in [0.5, 0.6) is 0 Å². The maximum atomic E-state index is 9.80. The molecule has 0 spiro atoms. The van der Waals surface area contributed by atoms with Gasteiger partial charge in [0.15, 0.2) is 0 Å². The van der Waals surface area contributed by atoms with Gasteiger partial charge in [0.2, 0.25) is 0 Å². The molecular weight excluding hydrogens is 262 g/mol. The van der Waals surface area contributed by atoms with E-state index in [9.17, 15) is 10.2 Å². The first kappa shape index (κ1) is 20.9. The largest absolute Gasteiger partial charge is 0.393 e. The van der Waals surface area contributed by atoms with Crippen LogP contribution < -0.4 is 5.73 Å². The van der Waals surface area contributed by atoms with Crippen LogP contribution in [0.2, 0.25) is 0 Å². The van der Waals surface area contributed by atoms with Crippen LogP contribution in [-0.2, 0) is 0 Å². The van der Waals surface area contributed by atoms with Crippen molar-refractivity contribution in [1.82, 2.24) is 0 Å². The van der Waals surface area contributed by atoms with E-state index in [1.165, 1.54) is 64.2 Å². The lowest BCUT2D eigenvalue weighted by molar-refractivity contribution is 0.0629. The van der Waals surface area contributed by atoms with Crippen molar-refractivity contribution in [1.29, 1.82) is 0 Å². The van der Waals surface area contributed by atoms with Crippen LogP contribution in [0.15, 0.2) is 0 Å². The normalized spacial score (nSPS) is 15.9. The number of unbranched alkanes of at least 4 members (excludes halogenated alkanes) is 10. The molecule has 0 aromatic heterocycles. The molecule has 3 nitrogen and oxygen atoms in total. The average Bonchev–Trinajstić information content (AvgIpc) is 2.44. The summed E-state index contributed by atoms with van der Waals surface area (Å²) in [6.07, 6.45) is 14.7. The van der Waals surface area contributed by atoms with E-state index in [0.29, 0.717) is 6.42 Å². The highest BCUT2D eigenvalue weighted by atomic mass is 16.3. The van der Waals surface area contributed by atoms with E-state index in [2.05, 4.69) is 6.92 Å². The van der Waals surface area contributed by atoms with E-state index in [-0.39, 0.29) is 6.04 Å². The lowest BCUT2D eigenvalue weighted by Gasteiger charge is -2.18. The molecule has 0 aliphatic rings. The second kappa shape index (κ2) is 14.8. The molecule has 0 amide bonds. The zero-order valence-corrected chi connectivity index (χ0v) is 14.4. The van der Waals surface area contributed by atoms with Crippen LogP contribution in [0.1, 0.15) is 97.3 Å². The van der Waals surface area contributed by atoms with Crippen molar-refractivity contribution in [2.75, 3.05) is 0 Å². The molecular formula is C18H39NO2. The van der Waals surface area contributed by atoms with Gasteiger partial charge < -0.3 is 15.9 Å². The zero-order valence-electron chi connectivity index (χ0n) is 14.4. The molecule has 0 aliphatic carbocycles. The number of rotatable bonds is 15. The zero-order chi connectivity index (χ0) is 15.9. The molecule has 0 aromatic rings. The fraction of sp³-hybridized carbons (Fsp3) is 1.00. The summed E-state index contributed by atoms with van der Waals surface area (Å²) in [6.45, 7) is 4.04. The third-order valence-corrected chi connectivity index (χ3v) is 4.26. The van der Waals surface area contributed by atoms with Gasteiger partial charge in [-0.1, -0.05) is 77.6 Å². The van der Waals surface area contributed by atoms with E-state index < -0.39 is 12.2 Å². The highest BCUT2D eigenvalue weighted by molar-refractivity contribution is 4.70. The Morgan fingerprint density at radius 2 is 1.19 bits per heavy atom. The summed E-state index contributed by atoms with van der Waals surface area (Å²) in [5, 5.41) is 19.4. The molecule has 0 aliphatic heterocycles. The minimum atomic E-state index is -0.576. The van der Waals surface area contributed by atoms with Crippen molar-refractivity contribution < 1.29 is 10.2 Å². The van der Waals surface area contributed by atoms with Gasteiger partial charge in [-0.2, -0.15) is 0 Å². The summed E-state index contributed by atoms with van der Waals surface area (Å²) in [4.78, 5) is 0. The Hall–Kier alpha value is -0.120. The first-order valence-corrected chi connectivity index (χ1v) is 9.19. The van der Waals surface area contributed by atoms with Gasteiger partial charge in [0.05, 0.1) is 12.2 Å². The Labute approximate surface area is 132 Å². The predicted molar refractivity (Wildman–Crippen MR) is 91.4 cm³/mol. The van der Waals surface area contributed by atoms with Gasteiger partial charge in [0, 0.05) is 12.5 Å².